The Bertz CT molecular complexity index is 1780. The SMILES string of the molecule is Cc1c(S(=O)(=O)NC(c2ccc(C#N)nc2)P(=O)([O-])O)sc2ccc(OCCC[N+]34CC[N+](CCCN=C(N)N)(CC3)CC4)cc12.[Cl-]. The van der Waals surface area contributed by atoms with E-state index in [9.17, 15) is 22.8 Å². The number of pyridine rings is 1. The van der Waals surface area contributed by atoms with Crippen LogP contribution in [0.5, 0.6) is 5.75 Å². The molecular weight excluding hydrogens is 687 g/mol. The Morgan fingerprint density at radius 3 is 2.36 bits per heavy atom. The van der Waals surface area contributed by atoms with Gasteiger partial charge in [0.25, 0.3) is 10.0 Å². The number of benzene rings is 1. The highest BCUT2D eigenvalue weighted by Gasteiger charge is 2.48. The van der Waals surface area contributed by atoms with E-state index in [1.165, 1.54) is 31.8 Å². The van der Waals surface area contributed by atoms with Gasteiger partial charge in [-0.1, -0.05) is 6.07 Å². The van der Waals surface area contributed by atoms with Crippen molar-refractivity contribution in [3.63, 3.8) is 0 Å². The second-order valence-electron chi connectivity index (χ2n) is 12.2. The predicted molar refractivity (Wildman–Crippen MR) is 173 cm³/mol. The average Bonchev–Trinajstić information content (AvgIpc) is 3.37. The summed E-state index contributed by atoms with van der Waals surface area (Å²) in [5, 5.41) is 9.64. The van der Waals surface area contributed by atoms with E-state index in [2.05, 4.69) is 14.7 Å². The number of rotatable bonds is 14. The summed E-state index contributed by atoms with van der Waals surface area (Å²) >= 11 is 0.995. The molecule has 0 amide bonds. The highest BCUT2D eigenvalue weighted by molar-refractivity contribution is 7.92. The summed E-state index contributed by atoms with van der Waals surface area (Å²) in [5.41, 5.74) is 11.2. The van der Waals surface area contributed by atoms with Crippen molar-refractivity contribution in [2.24, 2.45) is 16.5 Å². The fourth-order valence-electron chi connectivity index (χ4n) is 6.50. The minimum absolute atomic E-state index is 0. The van der Waals surface area contributed by atoms with Crippen molar-refractivity contribution in [1.29, 1.82) is 5.26 Å². The molecule has 5 heterocycles. The van der Waals surface area contributed by atoms with E-state index < -0.39 is 23.4 Å². The molecule has 1 aromatic carbocycles. The Morgan fingerprint density at radius 2 is 1.81 bits per heavy atom. The Hall–Kier alpha value is -2.84. The molecule has 256 valence electrons. The van der Waals surface area contributed by atoms with E-state index in [0.29, 0.717) is 34.6 Å². The number of sulfonamides is 1. The first-order valence-corrected chi connectivity index (χ1v) is 19.0. The molecule has 0 radical (unpaired) electrons. The van der Waals surface area contributed by atoms with Gasteiger partial charge in [-0.05, 0) is 42.3 Å². The maximum atomic E-state index is 13.4. The molecular formula is C29H40ClN8O6PS2. The van der Waals surface area contributed by atoms with Crippen molar-refractivity contribution < 1.29 is 48.9 Å². The number of nitrogens with zero attached hydrogens (tertiary/aromatic N) is 5. The minimum atomic E-state index is -5.23. The maximum Gasteiger partial charge on any atom is 0.251 e. The molecule has 3 aliphatic heterocycles. The van der Waals surface area contributed by atoms with Crippen LogP contribution < -0.4 is 38.2 Å². The summed E-state index contributed by atoms with van der Waals surface area (Å²) in [6, 6.07) is 9.66. The summed E-state index contributed by atoms with van der Waals surface area (Å²) in [5.74, 6) is -1.20. The molecule has 18 heteroatoms. The Kier molecular flexibility index (Phi) is 11.6. The van der Waals surface area contributed by atoms with Gasteiger partial charge in [-0.15, -0.1) is 11.3 Å². The monoisotopic (exact) mass is 726 g/mol. The number of ether oxygens (including phenoxy) is 1. The van der Waals surface area contributed by atoms with Crippen molar-refractivity contribution in [1.82, 2.24) is 9.71 Å². The van der Waals surface area contributed by atoms with E-state index in [1.807, 2.05) is 0 Å². The lowest BCUT2D eigenvalue weighted by atomic mass is 10.1. The fraction of sp³-hybridized carbons (Fsp3) is 0.483. The molecule has 3 aromatic rings. The Morgan fingerprint density at radius 1 is 1.17 bits per heavy atom. The van der Waals surface area contributed by atoms with Gasteiger partial charge in [0.05, 0.1) is 19.7 Å². The lowest BCUT2D eigenvalue weighted by molar-refractivity contribution is -1.08. The molecule has 14 nitrogen and oxygen atoms in total. The number of fused-ring (bicyclic) bond motifs is 4. The normalized spacial score (nSPS) is 22.5. The van der Waals surface area contributed by atoms with E-state index >= 15 is 0 Å². The van der Waals surface area contributed by atoms with Crippen LogP contribution in [0.15, 0.2) is 45.7 Å². The summed E-state index contributed by atoms with van der Waals surface area (Å²) in [4.78, 5) is 30.0. The lowest BCUT2D eigenvalue weighted by Crippen LogP contribution is -3.00. The molecule has 47 heavy (non-hydrogen) atoms. The second-order valence-corrected chi connectivity index (χ2v) is 16.8. The predicted octanol–water partition coefficient (Wildman–Crippen LogP) is -1.90. The van der Waals surface area contributed by atoms with Crippen LogP contribution in [0.25, 0.3) is 10.1 Å². The third-order valence-electron chi connectivity index (χ3n) is 9.19. The third-order valence-corrected chi connectivity index (χ3v) is 13.8. The number of hydrogen-bond acceptors (Lipinski definition) is 9. The summed E-state index contributed by atoms with van der Waals surface area (Å²) in [6.45, 7) is 12.0. The molecule has 2 aromatic heterocycles. The van der Waals surface area contributed by atoms with Crippen LogP contribution in [-0.2, 0) is 14.6 Å². The molecule has 3 saturated heterocycles. The number of thiophene rings is 1. The highest BCUT2D eigenvalue weighted by Crippen LogP contribution is 2.47. The Balaban J connectivity index is 0.00000500. The molecule has 2 atom stereocenters. The van der Waals surface area contributed by atoms with Gasteiger partial charge in [-0.2, -0.15) is 9.98 Å². The van der Waals surface area contributed by atoms with Crippen LogP contribution in [0.4, 0.5) is 0 Å². The number of nitrogens with two attached hydrogens (primary N) is 2. The molecule has 2 bridgehead atoms. The molecule has 0 aliphatic carbocycles. The van der Waals surface area contributed by atoms with Gasteiger partial charge in [-0.25, -0.2) is 13.4 Å². The topological polar surface area (TPSA) is 217 Å². The third kappa shape index (κ3) is 8.61. The van der Waals surface area contributed by atoms with Gasteiger partial charge >= 0.3 is 0 Å². The van der Waals surface area contributed by atoms with Gasteiger partial charge in [0.1, 0.15) is 66.8 Å². The Labute approximate surface area is 284 Å². The van der Waals surface area contributed by atoms with Gasteiger partial charge in [0.15, 0.2) is 13.6 Å². The first-order chi connectivity index (χ1) is 21.7. The van der Waals surface area contributed by atoms with Crippen LogP contribution >= 0.6 is 18.9 Å². The standard InChI is InChI=1S/C29H39N8O6PS2.ClH/c1-21-25-18-24(43-17-3-10-37-14-11-36(12-15-37,13-16-37)9-2-8-33-29(31)32)6-7-26(25)45-28(21)46(41,42)35-27(44(38,39)40)22-4-5-23(19-30)34-20-22;/h4-7,18,20,27,35H,2-3,8-17H2,1H3,(H4-2,31,32,33,38,39,40);1H. The first kappa shape index (κ1) is 37.0. The quantitative estimate of drug-likeness (QED) is 0.0476. The number of nitrogens with one attached hydrogen (secondary N) is 1. The molecule has 3 aliphatic rings. The number of quaternary nitrogens is 2. The number of aryl methyl sites for hydroxylation is 1. The number of aromatic nitrogens is 1. The van der Waals surface area contributed by atoms with Gasteiger partial charge in [0.2, 0.25) is 0 Å². The number of hydrogen-bond donors (Lipinski definition) is 4. The number of halogens is 1. The van der Waals surface area contributed by atoms with Crippen molar-refractivity contribution in [2.45, 2.75) is 29.8 Å². The van der Waals surface area contributed by atoms with E-state index in [4.69, 9.17) is 21.5 Å². The van der Waals surface area contributed by atoms with Crippen LogP contribution in [0.1, 0.15) is 35.4 Å². The molecule has 6 N–H and O–H groups in total. The van der Waals surface area contributed by atoms with Crippen molar-refractivity contribution in [3.05, 3.63) is 53.3 Å². The zero-order valence-electron chi connectivity index (χ0n) is 26.0. The molecule has 2 unspecified atom stereocenters. The number of piperazine rings is 3. The summed E-state index contributed by atoms with van der Waals surface area (Å²) in [7, 11) is -9.61. The van der Waals surface area contributed by atoms with Crippen LogP contribution in [0.3, 0.4) is 0 Å². The van der Waals surface area contributed by atoms with Gasteiger partial charge < -0.3 is 51.9 Å². The number of guanidine groups is 1. The summed E-state index contributed by atoms with van der Waals surface area (Å²) in [6.07, 6.45) is 2.93. The van der Waals surface area contributed by atoms with E-state index in [1.54, 1.807) is 31.2 Å². The molecule has 0 spiro atoms. The smallest absolute Gasteiger partial charge is 0.251 e. The number of aliphatic imine (C=N–C) groups is 1. The van der Waals surface area contributed by atoms with Crippen LogP contribution in [-0.4, -0.2) is 98.7 Å². The average molecular weight is 727 g/mol. The number of nitriles is 1. The molecule has 3 fully saturated rings. The zero-order valence-corrected chi connectivity index (χ0v) is 29.3. The highest BCUT2D eigenvalue weighted by atomic mass is 35.5. The zero-order chi connectivity index (χ0) is 33.2. The lowest BCUT2D eigenvalue weighted by Gasteiger charge is -2.55. The molecule has 6 rings (SSSR count). The van der Waals surface area contributed by atoms with E-state index in [0.717, 1.165) is 72.1 Å². The van der Waals surface area contributed by atoms with Crippen LogP contribution in [0, 0.1) is 18.3 Å². The summed E-state index contributed by atoms with van der Waals surface area (Å²) < 4.78 is 50.1. The van der Waals surface area contributed by atoms with Gasteiger partial charge in [-0.3, -0.25) is 4.99 Å². The minimum Gasteiger partial charge on any atom is -1.00 e. The van der Waals surface area contributed by atoms with Crippen molar-refractivity contribution >= 4 is 45.0 Å². The fourth-order valence-corrected chi connectivity index (χ4v) is 10.8. The first-order valence-electron chi connectivity index (χ1n) is 15.1. The van der Waals surface area contributed by atoms with E-state index in [-0.39, 0.29) is 33.8 Å². The van der Waals surface area contributed by atoms with Gasteiger partial charge in [0, 0.05) is 35.7 Å². The van der Waals surface area contributed by atoms with Crippen molar-refractivity contribution in [3.8, 4) is 11.8 Å². The molecule has 0 saturated carbocycles. The largest absolute Gasteiger partial charge is 1.00 e. The maximum absolute atomic E-state index is 13.4. The van der Waals surface area contributed by atoms with Crippen LogP contribution in [0.2, 0.25) is 0 Å². The van der Waals surface area contributed by atoms with Crippen molar-refractivity contribution in [2.75, 3.05) is 65.5 Å². The second kappa shape index (κ2) is 14.7.